The third kappa shape index (κ3) is 10.9. The molecule has 26 heavy (non-hydrogen) atoms. The first-order chi connectivity index (χ1) is 12.4. The van der Waals surface area contributed by atoms with Gasteiger partial charge in [-0.3, -0.25) is 4.99 Å². The number of halogens is 1. The van der Waals surface area contributed by atoms with Crippen molar-refractivity contribution in [1.82, 2.24) is 15.5 Å². The lowest BCUT2D eigenvalue weighted by molar-refractivity contribution is 0.0411. The number of ether oxygens (including phenoxy) is 1. The Morgan fingerprint density at radius 3 is 2.27 bits per heavy atom. The predicted molar refractivity (Wildman–Crippen MR) is 122 cm³/mol. The minimum Gasteiger partial charge on any atom is -0.378 e. The molecule has 0 radical (unpaired) electrons. The third-order valence-corrected chi connectivity index (χ3v) is 5.41. The molecule has 0 amide bonds. The smallest absolute Gasteiger partial charge is 0.191 e. The number of piperidine rings is 1. The lowest BCUT2D eigenvalue weighted by Crippen LogP contribution is -2.42. The average Bonchev–Trinajstić information content (AvgIpc) is 2.92. The van der Waals surface area contributed by atoms with Gasteiger partial charge in [0.25, 0.3) is 0 Å². The minimum atomic E-state index is 0. The molecule has 0 aromatic heterocycles. The molecule has 0 aromatic rings. The summed E-state index contributed by atoms with van der Waals surface area (Å²) >= 11 is 0. The second kappa shape index (κ2) is 15.9. The van der Waals surface area contributed by atoms with Crippen LogP contribution in [0, 0.1) is 0 Å². The first-order valence-corrected chi connectivity index (χ1v) is 10.7. The molecule has 2 rings (SSSR count). The maximum atomic E-state index is 6.05. The Kier molecular flexibility index (Phi) is 14.7. The van der Waals surface area contributed by atoms with Crippen LogP contribution in [-0.4, -0.2) is 63.3 Å². The summed E-state index contributed by atoms with van der Waals surface area (Å²) in [6.07, 6.45) is 15.0. The molecule has 2 aliphatic rings. The molecule has 1 saturated carbocycles. The molecule has 0 aromatic carbocycles. The Balaban J connectivity index is 0.00000338. The van der Waals surface area contributed by atoms with Gasteiger partial charge in [0.2, 0.25) is 0 Å². The van der Waals surface area contributed by atoms with Crippen molar-refractivity contribution in [2.24, 2.45) is 4.99 Å². The zero-order valence-electron chi connectivity index (χ0n) is 16.8. The maximum Gasteiger partial charge on any atom is 0.191 e. The van der Waals surface area contributed by atoms with Crippen LogP contribution in [0.3, 0.4) is 0 Å². The highest BCUT2D eigenvalue weighted by Crippen LogP contribution is 2.19. The SMILES string of the molecule is CN=C(NCCCCOC1CCCCCC1)NCCN1CCCCC1.I. The van der Waals surface area contributed by atoms with E-state index in [0.29, 0.717) is 6.10 Å². The van der Waals surface area contributed by atoms with E-state index in [1.165, 1.54) is 70.9 Å². The number of aliphatic imine (C=N–C) groups is 1. The highest BCUT2D eigenvalue weighted by Gasteiger charge is 2.12. The summed E-state index contributed by atoms with van der Waals surface area (Å²) in [5.74, 6) is 0.932. The molecule has 2 N–H and O–H groups in total. The van der Waals surface area contributed by atoms with Crippen LogP contribution in [0.25, 0.3) is 0 Å². The molecule has 154 valence electrons. The summed E-state index contributed by atoms with van der Waals surface area (Å²) in [5.41, 5.74) is 0. The van der Waals surface area contributed by atoms with Crippen LogP contribution < -0.4 is 10.6 Å². The molecule has 1 aliphatic heterocycles. The molecule has 6 heteroatoms. The Bertz CT molecular complexity index is 354. The number of unbranched alkanes of at least 4 members (excludes halogenated alkanes) is 1. The van der Waals surface area contributed by atoms with Crippen molar-refractivity contribution in [2.45, 2.75) is 76.7 Å². The fraction of sp³-hybridized carbons (Fsp3) is 0.950. The maximum absolute atomic E-state index is 6.05. The molecular formula is C20H41IN4O. The Hall–Kier alpha value is -0.0800. The number of likely N-dealkylation sites (tertiary alicyclic amines) is 1. The van der Waals surface area contributed by atoms with E-state index in [-0.39, 0.29) is 24.0 Å². The molecule has 0 atom stereocenters. The molecule has 1 aliphatic carbocycles. The van der Waals surface area contributed by atoms with Crippen LogP contribution in [0.15, 0.2) is 4.99 Å². The number of rotatable bonds is 9. The summed E-state index contributed by atoms with van der Waals surface area (Å²) in [4.78, 5) is 6.87. The summed E-state index contributed by atoms with van der Waals surface area (Å²) < 4.78 is 6.05. The van der Waals surface area contributed by atoms with E-state index < -0.39 is 0 Å². The number of hydrogen-bond acceptors (Lipinski definition) is 3. The van der Waals surface area contributed by atoms with E-state index in [1.807, 2.05) is 7.05 Å². The molecule has 0 spiro atoms. The van der Waals surface area contributed by atoms with Crippen molar-refractivity contribution in [3.05, 3.63) is 0 Å². The topological polar surface area (TPSA) is 48.9 Å². The van der Waals surface area contributed by atoms with Crippen LogP contribution in [0.5, 0.6) is 0 Å². The Morgan fingerprint density at radius 1 is 0.923 bits per heavy atom. The van der Waals surface area contributed by atoms with Crippen molar-refractivity contribution in [3.8, 4) is 0 Å². The van der Waals surface area contributed by atoms with E-state index in [1.54, 1.807) is 0 Å². The number of nitrogens with zero attached hydrogens (tertiary/aromatic N) is 2. The van der Waals surface area contributed by atoms with Gasteiger partial charge < -0.3 is 20.3 Å². The molecule has 1 saturated heterocycles. The van der Waals surface area contributed by atoms with Gasteiger partial charge in [0, 0.05) is 33.3 Å². The lowest BCUT2D eigenvalue weighted by atomic mass is 10.1. The van der Waals surface area contributed by atoms with E-state index in [0.717, 1.165) is 45.0 Å². The van der Waals surface area contributed by atoms with Crippen LogP contribution in [0.4, 0.5) is 0 Å². The fourth-order valence-electron chi connectivity index (χ4n) is 3.83. The lowest BCUT2D eigenvalue weighted by Gasteiger charge is -2.26. The molecule has 2 fully saturated rings. The second-order valence-electron chi connectivity index (χ2n) is 7.52. The Morgan fingerprint density at radius 2 is 1.58 bits per heavy atom. The molecule has 1 heterocycles. The number of hydrogen-bond donors (Lipinski definition) is 2. The molecule has 0 unspecified atom stereocenters. The van der Waals surface area contributed by atoms with Gasteiger partial charge in [-0.15, -0.1) is 24.0 Å². The molecule has 0 bridgehead atoms. The summed E-state index contributed by atoms with van der Waals surface area (Å²) in [6, 6.07) is 0. The zero-order valence-corrected chi connectivity index (χ0v) is 19.1. The monoisotopic (exact) mass is 480 g/mol. The Labute approximate surface area is 178 Å². The van der Waals surface area contributed by atoms with Gasteiger partial charge in [-0.2, -0.15) is 0 Å². The van der Waals surface area contributed by atoms with Gasteiger partial charge in [-0.05, 0) is 51.6 Å². The number of nitrogens with one attached hydrogen (secondary N) is 2. The normalized spacial score (nSPS) is 20.3. The van der Waals surface area contributed by atoms with Crippen molar-refractivity contribution in [2.75, 3.05) is 46.4 Å². The van der Waals surface area contributed by atoms with E-state index in [4.69, 9.17) is 4.74 Å². The predicted octanol–water partition coefficient (Wildman–Crippen LogP) is 3.77. The minimum absolute atomic E-state index is 0. The van der Waals surface area contributed by atoms with E-state index in [2.05, 4.69) is 20.5 Å². The standard InChI is InChI=1S/C20H40N4O.HI/c1-21-20(23-14-17-24-15-8-4-9-16-24)22-13-7-10-18-25-19-11-5-2-3-6-12-19;/h19H,2-18H2,1H3,(H2,21,22,23);1H. The van der Waals surface area contributed by atoms with E-state index >= 15 is 0 Å². The van der Waals surface area contributed by atoms with Gasteiger partial charge in [-0.1, -0.05) is 32.1 Å². The van der Waals surface area contributed by atoms with Gasteiger partial charge in [0.1, 0.15) is 0 Å². The number of guanidine groups is 1. The van der Waals surface area contributed by atoms with Crippen molar-refractivity contribution >= 4 is 29.9 Å². The molecule has 5 nitrogen and oxygen atoms in total. The van der Waals surface area contributed by atoms with Crippen LogP contribution in [0.2, 0.25) is 0 Å². The first kappa shape index (κ1) is 24.0. The quantitative estimate of drug-likeness (QED) is 0.173. The second-order valence-corrected chi connectivity index (χ2v) is 7.52. The summed E-state index contributed by atoms with van der Waals surface area (Å²) in [5, 5.41) is 6.85. The van der Waals surface area contributed by atoms with Crippen molar-refractivity contribution < 1.29 is 4.74 Å². The zero-order chi connectivity index (χ0) is 17.6. The van der Waals surface area contributed by atoms with Crippen molar-refractivity contribution in [3.63, 3.8) is 0 Å². The fourth-order valence-corrected chi connectivity index (χ4v) is 3.83. The van der Waals surface area contributed by atoms with Gasteiger partial charge in [-0.25, -0.2) is 0 Å². The van der Waals surface area contributed by atoms with Gasteiger partial charge in [0.15, 0.2) is 5.96 Å². The third-order valence-electron chi connectivity index (χ3n) is 5.41. The largest absolute Gasteiger partial charge is 0.378 e. The summed E-state index contributed by atoms with van der Waals surface area (Å²) in [6.45, 7) is 6.49. The highest BCUT2D eigenvalue weighted by atomic mass is 127. The van der Waals surface area contributed by atoms with Gasteiger partial charge in [0.05, 0.1) is 6.10 Å². The highest BCUT2D eigenvalue weighted by molar-refractivity contribution is 14.0. The van der Waals surface area contributed by atoms with E-state index in [9.17, 15) is 0 Å². The molecular weight excluding hydrogens is 439 g/mol. The average molecular weight is 480 g/mol. The summed E-state index contributed by atoms with van der Waals surface area (Å²) in [7, 11) is 1.85. The van der Waals surface area contributed by atoms with Crippen molar-refractivity contribution in [1.29, 1.82) is 0 Å². The van der Waals surface area contributed by atoms with Crippen LogP contribution in [-0.2, 0) is 4.74 Å². The van der Waals surface area contributed by atoms with Crippen LogP contribution in [0.1, 0.15) is 70.6 Å². The van der Waals surface area contributed by atoms with Crippen LogP contribution >= 0.6 is 24.0 Å². The first-order valence-electron chi connectivity index (χ1n) is 10.7. The van der Waals surface area contributed by atoms with Gasteiger partial charge >= 0.3 is 0 Å².